The highest BCUT2D eigenvalue weighted by atomic mass is 79.9. The topological polar surface area (TPSA) is 52.3 Å². The largest absolute Gasteiger partial charge is 0.497 e. The third-order valence-corrected chi connectivity index (χ3v) is 3.63. The number of hydrogen-bond donors (Lipinski definition) is 0. The Balaban J connectivity index is 2.27. The van der Waals surface area contributed by atoms with E-state index in [4.69, 9.17) is 9.15 Å². The third-order valence-electron chi connectivity index (χ3n) is 2.94. The van der Waals surface area contributed by atoms with Gasteiger partial charge >= 0.3 is 5.63 Å². The molecule has 0 spiro atoms. The predicted octanol–water partition coefficient (Wildman–Crippen LogP) is 3.63. The van der Waals surface area contributed by atoms with Crippen molar-refractivity contribution in [3.8, 4) is 17.2 Å². The first-order chi connectivity index (χ1) is 9.69. The molecule has 20 heavy (non-hydrogen) atoms. The number of fused-ring (bicyclic) bond motifs is 1. The molecule has 0 unspecified atom stereocenters. The van der Waals surface area contributed by atoms with Crippen LogP contribution < -0.4 is 10.4 Å². The van der Waals surface area contributed by atoms with Gasteiger partial charge in [-0.1, -0.05) is 12.1 Å². The average molecular weight is 332 g/mol. The number of para-hydroxylation sites is 1. The van der Waals surface area contributed by atoms with Crippen LogP contribution in [0.5, 0.6) is 5.75 Å². The van der Waals surface area contributed by atoms with Gasteiger partial charge in [-0.15, -0.1) is 0 Å². The van der Waals surface area contributed by atoms with Crippen LogP contribution in [0.3, 0.4) is 0 Å². The highest BCUT2D eigenvalue weighted by Gasteiger charge is 2.12. The summed E-state index contributed by atoms with van der Waals surface area (Å²) < 4.78 is 11.3. The second-order valence-corrected chi connectivity index (χ2v) is 5.02. The number of halogens is 1. The van der Waals surface area contributed by atoms with Gasteiger partial charge in [0.2, 0.25) is 5.89 Å². The Morgan fingerprint density at radius 1 is 1.20 bits per heavy atom. The Labute approximate surface area is 123 Å². The molecular formula is C15H10BrNO3. The van der Waals surface area contributed by atoms with Crippen molar-refractivity contribution in [1.82, 2.24) is 4.98 Å². The first-order valence-corrected chi connectivity index (χ1v) is 6.72. The normalized spacial score (nSPS) is 10.7. The van der Waals surface area contributed by atoms with E-state index in [1.54, 1.807) is 31.4 Å². The molecule has 0 saturated heterocycles. The summed E-state index contributed by atoms with van der Waals surface area (Å²) in [6, 6.07) is 12.5. The van der Waals surface area contributed by atoms with Crippen LogP contribution in [0.4, 0.5) is 0 Å². The Kier molecular flexibility index (Phi) is 3.28. The summed E-state index contributed by atoms with van der Waals surface area (Å²) in [4.78, 5) is 16.4. The molecule has 5 heteroatoms. The zero-order chi connectivity index (χ0) is 14.1. The molecule has 0 aliphatic carbocycles. The molecule has 0 N–H and O–H groups in total. The Bertz CT molecular complexity index is 842. The molecule has 0 bridgehead atoms. The van der Waals surface area contributed by atoms with Crippen molar-refractivity contribution in [3.05, 3.63) is 57.4 Å². The average Bonchev–Trinajstić information content (AvgIpc) is 2.48. The number of rotatable bonds is 2. The van der Waals surface area contributed by atoms with Crippen LogP contribution in [0.15, 0.2) is 56.1 Å². The molecule has 0 amide bonds. The molecule has 2 aromatic carbocycles. The molecule has 0 saturated carbocycles. The molecule has 3 rings (SSSR count). The van der Waals surface area contributed by atoms with Gasteiger partial charge in [0.15, 0.2) is 0 Å². The fraction of sp³-hybridized carbons (Fsp3) is 0.0667. The first kappa shape index (κ1) is 12.9. The highest BCUT2D eigenvalue weighted by molar-refractivity contribution is 9.10. The zero-order valence-electron chi connectivity index (χ0n) is 10.6. The van der Waals surface area contributed by atoms with Gasteiger partial charge in [-0.25, -0.2) is 9.78 Å². The number of hydrogen-bond acceptors (Lipinski definition) is 4. The molecule has 1 aromatic heterocycles. The molecule has 0 aliphatic rings. The number of aromatic nitrogens is 1. The molecule has 0 fully saturated rings. The Hall–Kier alpha value is -2.14. The number of nitrogens with zero attached hydrogens (tertiary/aromatic N) is 1. The first-order valence-electron chi connectivity index (χ1n) is 5.93. The lowest BCUT2D eigenvalue weighted by molar-refractivity contribution is 0.414. The molecular weight excluding hydrogens is 322 g/mol. The van der Waals surface area contributed by atoms with Gasteiger partial charge < -0.3 is 9.15 Å². The van der Waals surface area contributed by atoms with E-state index in [1.807, 2.05) is 18.2 Å². The van der Waals surface area contributed by atoms with Crippen molar-refractivity contribution in [3.63, 3.8) is 0 Å². The van der Waals surface area contributed by atoms with Crippen LogP contribution in [0.2, 0.25) is 0 Å². The predicted molar refractivity (Wildman–Crippen MR) is 80.0 cm³/mol. The number of benzene rings is 2. The lowest BCUT2D eigenvalue weighted by Crippen LogP contribution is -2.03. The van der Waals surface area contributed by atoms with Gasteiger partial charge in [-0.3, -0.25) is 0 Å². The highest BCUT2D eigenvalue weighted by Crippen LogP contribution is 2.30. The lowest BCUT2D eigenvalue weighted by atomic mass is 10.2. The maximum absolute atomic E-state index is 12.0. The molecule has 3 aromatic rings. The second kappa shape index (κ2) is 5.09. The molecule has 0 atom stereocenters. The van der Waals surface area contributed by atoms with E-state index in [0.717, 1.165) is 4.47 Å². The Morgan fingerprint density at radius 2 is 2.00 bits per heavy atom. The van der Waals surface area contributed by atoms with Crippen LogP contribution in [0.1, 0.15) is 0 Å². The summed E-state index contributed by atoms with van der Waals surface area (Å²) in [7, 11) is 1.58. The van der Waals surface area contributed by atoms with E-state index in [2.05, 4.69) is 20.9 Å². The smallest absolute Gasteiger partial charge is 0.347 e. The van der Waals surface area contributed by atoms with Crippen LogP contribution in [0, 0.1) is 0 Å². The number of ether oxygens (including phenoxy) is 1. The second-order valence-electron chi connectivity index (χ2n) is 4.17. The van der Waals surface area contributed by atoms with Crippen LogP contribution in [-0.4, -0.2) is 12.1 Å². The van der Waals surface area contributed by atoms with Crippen molar-refractivity contribution < 1.29 is 9.15 Å². The molecule has 0 radical (unpaired) electrons. The molecule has 1 heterocycles. The fourth-order valence-corrected chi connectivity index (χ4v) is 2.35. The molecule has 0 aliphatic heterocycles. The van der Waals surface area contributed by atoms with Crippen molar-refractivity contribution in [2.75, 3.05) is 7.11 Å². The summed E-state index contributed by atoms with van der Waals surface area (Å²) in [5.41, 5.74) is 0.876. The van der Waals surface area contributed by atoms with E-state index in [0.29, 0.717) is 22.2 Å². The zero-order valence-corrected chi connectivity index (χ0v) is 12.2. The molecule has 4 nitrogen and oxygen atoms in total. The maximum atomic E-state index is 12.0. The van der Waals surface area contributed by atoms with E-state index in [9.17, 15) is 4.79 Å². The Morgan fingerprint density at radius 3 is 2.80 bits per heavy atom. The van der Waals surface area contributed by atoms with Gasteiger partial charge in [0.25, 0.3) is 0 Å². The maximum Gasteiger partial charge on any atom is 0.347 e. The van der Waals surface area contributed by atoms with Crippen molar-refractivity contribution >= 4 is 26.8 Å². The molecule has 100 valence electrons. The SMILES string of the molecule is COc1ccc(Br)c(-c2nc3ccccc3c(=O)o2)c1. The van der Waals surface area contributed by atoms with Gasteiger partial charge in [0.05, 0.1) is 23.6 Å². The summed E-state index contributed by atoms with van der Waals surface area (Å²) in [6.07, 6.45) is 0. The standard InChI is InChI=1S/C15H10BrNO3/c1-19-9-6-7-12(16)11(8-9)14-17-13-5-3-2-4-10(13)15(18)20-14/h2-8H,1H3. The van der Waals surface area contributed by atoms with E-state index in [-0.39, 0.29) is 5.89 Å². The summed E-state index contributed by atoms with van der Waals surface area (Å²) in [5, 5.41) is 0.468. The minimum atomic E-state index is -0.402. The van der Waals surface area contributed by atoms with E-state index < -0.39 is 5.63 Å². The number of methoxy groups -OCH3 is 1. The van der Waals surface area contributed by atoms with Crippen LogP contribution in [0.25, 0.3) is 22.4 Å². The summed E-state index contributed by atoms with van der Waals surface area (Å²) in [6.45, 7) is 0. The van der Waals surface area contributed by atoms with Crippen LogP contribution in [-0.2, 0) is 0 Å². The quantitative estimate of drug-likeness (QED) is 0.719. The van der Waals surface area contributed by atoms with Gasteiger partial charge in [-0.2, -0.15) is 0 Å². The lowest BCUT2D eigenvalue weighted by Gasteiger charge is -2.06. The fourth-order valence-electron chi connectivity index (χ4n) is 1.93. The van der Waals surface area contributed by atoms with Crippen molar-refractivity contribution in [2.45, 2.75) is 0 Å². The van der Waals surface area contributed by atoms with Crippen LogP contribution >= 0.6 is 15.9 Å². The minimum Gasteiger partial charge on any atom is -0.497 e. The van der Waals surface area contributed by atoms with Gasteiger partial charge in [0, 0.05) is 4.47 Å². The summed E-state index contributed by atoms with van der Waals surface area (Å²) >= 11 is 3.43. The van der Waals surface area contributed by atoms with Gasteiger partial charge in [0.1, 0.15) is 5.75 Å². The van der Waals surface area contributed by atoms with E-state index in [1.165, 1.54) is 0 Å². The van der Waals surface area contributed by atoms with Crippen molar-refractivity contribution in [2.24, 2.45) is 0 Å². The van der Waals surface area contributed by atoms with Crippen molar-refractivity contribution in [1.29, 1.82) is 0 Å². The monoisotopic (exact) mass is 331 g/mol. The van der Waals surface area contributed by atoms with E-state index >= 15 is 0 Å². The minimum absolute atomic E-state index is 0.263. The van der Waals surface area contributed by atoms with Gasteiger partial charge in [-0.05, 0) is 46.3 Å². The third kappa shape index (κ3) is 2.20. The summed E-state index contributed by atoms with van der Waals surface area (Å²) in [5.74, 6) is 0.931.